The molecule has 0 saturated carbocycles. The van der Waals surface area contributed by atoms with Crippen molar-refractivity contribution < 1.29 is 23.1 Å². The number of halogens is 2. The summed E-state index contributed by atoms with van der Waals surface area (Å²) in [5, 5.41) is 11.9. The fourth-order valence-corrected chi connectivity index (χ4v) is 6.10. The molecule has 1 fully saturated rings. The number of carbonyl (C=O) groups excluding carboxylic acids is 1. The molecule has 0 bridgehead atoms. The molecule has 8 nitrogen and oxygen atoms in total. The summed E-state index contributed by atoms with van der Waals surface area (Å²) in [5.74, 6) is -1.73. The van der Waals surface area contributed by atoms with Gasteiger partial charge < -0.3 is 10.0 Å². The van der Waals surface area contributed by atoms with Crippen LogP contribution in [0.1, 0.15) is 10.4 Å². The van der Waals surface area contributed by atoms with E-state index in [1.54, 1.807) is 67.0 Å². The number of benzene rings is 3. The molecule has 0 spiro atoms. The largest absolute Gasteiger partial charge is 0.480 e. The number of sulfonamides is 1. The fraction of sp³-hybridized carbons (Fsp3) is 0.148. The van der Waals surface area contributed by atoms with Crippen LogP contribution in [0.15, 0.2) is 90.1 Å². The maximum Gasteiger partial charge on any atom is 0.327 e. The topological polar surface area (TPSA) is 108 Å². The third kappa shape index (κ3) is 5.37. The molecule has 1 aliphatic rings. The Kier molecular flexibility index (Phi) is 8.03. The molecule has 1 amide bonds. The summed E-state index contributed by atoms with van der Waals surface area (Å²) in [6, 6.07) is 19.0. The van der Waals surface area contributed by atoms with E-state index in [1.807, 2.05) is 12.1 Å². The summed E-state index contributed by atoms with van der Waals surface area (Å²) in [6.45, 7) is -0.424. The quantitative estimate of drug-likeness (QED) is 0.375. The average molecular weight is 572 g/mol. The monoisotopic (exact) mass is 571 g/mol. The van der Waals surface area contributed by atoms with Crippen molar-refractivity contribution >= 4 is 56.7 Å². The van der Waals surface area contributed by atoms with E-state index in [-0.39, 0.29) is 36.9 Å². The molecular weight excluding hydrogens is 549 g/mol. The summed E-state index contributed by atoms with van der Waals surface area (Å²) in [5.41, 5.74) is 2.16. The number of carbonyl (C=O) groups is 2. The average Bonchev–Trinajstić information content (AvgIpc) is 2.92. The number of pyridine rings is 1. The van der Waals surface area contributed by atoms with Crippen molar-refractivity contribution in [1.29, 1.82) is 0 Å². The SMILES string of the molecule is Cl.O=C(O)C1CN(S(=O)(=O)c2ccc3cc(Cl)ccc3c2)CCN1C(=O)c1ccc(-c2ccncc2)cc1. The van der Waals surface area contributed by atoms with E-state index in [2.05, 4.69) is 4.98 Å². The van der Waals surface area contributed by atoms with Gasteiger partial charge in [0.05, 0.1) is 4.90 Å². The predicted octanol–water partition coefficient (Wildman–Crippen LogP) is 4.58. The highest BCUT2D eigenvalue weighted by atomic mass is 35.5. The summed E-state index contributed by atoms with van der Waals surface area (Å²) >= 11 is 6.02. The van der Waals surface area contributed by atoms with Gasteiger partial charge in [-0.2, -0.15) is 4.31 Å². The van der Waals surface area contributed by atoms with Gasteiger partial charge in [-0.05, 0) is 70.4 Å². The van der Waals surface area contributed by atoms with Crippen LogP contribution in [-0.4, -0.2) is 65.3 Å². The molecule has 5 rings (SSSR count). The van der Waals surface area contributed by atoms with Crippen LogP contribution in [0.4, 0.5) is 0 Å². The van der Waals surface area contributed by atoms with Gasteiger partial charge in [0, 0.05) is 42.6 Å². The van der Waals surface area contributed by atoms with Crippen molar-refractivity contribution in [3.63, 3.8) is 0 Å². The Bertz CT molecular complexity index is 1600. The van der Waals surface area contributed by atoms with Crippen LogP contribution >= 0.6 is 24.0 Å². The van der Waals surface area contributed by atoms with Crippen LogP contribution < -0.4 is 0 Å². The Labute approximate surface area is 230 Å². The lowest BCUT2D eigenvalue weighted by Crippen LogP contribution is -2.59. The van der Waals surface area contributed by atoms with Gasteiger partial charge in [-0.15, -0.1) is 12.4 Å². The molecule has 0 radical (unpaired) electrons. The lowest BCUT2D eigenvalue weighted by molar-refractivity contribution is -0.143. The molecule has 4 aromatic rings. The van der Waals surface area contributed by atoms with Crippen molar-refractivity contribution in [3.8, 4) is 11.1 Å². The van der Waals surface area contributed by atoms with Gasteiger partial charge in [0.2, 0.25) is 10.0 Å². The van der Waals surface area contributed by atoms with Crippen LogP contribution in [-0.2, 0) is 14.8 Å². The second kappa shape index (κ2) is 11.1. The zero-order valence-electron chi connectivity index (χ0n) is 19.9. The van der Waals surface area contributed by atoms with Crippen LogP contribution in [0.2, 0.25) is 5.02 Å². The number of hydrogen-bond acceptors (Lipinski definition) is 5. The summed E-state index contributed by atoms with van der Waals surface area (Å²) in [7, 11) is -3.99. The van der Waals surface area contributed by atoms with Gasteiger partial charge in [-0.25, -0.2) is 13.2 Å². The fourth-order valence-electron chi connectivity index (χ4n) is 4.45. The molecule has 0 aliphatic carbocycles. The van der Waals surface area contributed by atoms with Crippen LogP contribution in [0.5, 0.6) is 0 Å². The minimum Gasteiger partial charge on any atom is -0.480 e. The minimum atomic E-state index is -3.99. The second-order valence-electron chi connectivity index (χ2n) is 8.68. The van der Waals surface area contributed by atoms with Gasteiger partial charge in [-0.3, -0.25) is 9.78 Å². The van der Waals surface area contributed by atoms with Gasteiger partial charge in [0.25, 0.3) is 5.91 Å². The Morgan fingerprint density at radius 3 is 2.18 bits per heavy atom. The molecule has 1 atom stereocenters. The number of amides is 1. The summed E-state index contributed by atoms with van der Waals surface area (Å²) < 4.78 is 27.9. The van der Waals surface area contributed by atoms with Gasteiger partial charge in [-0.1, -0.05) is 35.9 Å². The first-order chi connectivity index (χ1) is 17.7. The Morgan fingerprint density at radius 2 is 1.50 bits per heavy atom. The second-order valence-corrected chi connectivity index (χ2v) is 11.1. The van der Waals surface area contributed by atoms with E-state index in [0.29, 0.717) is 16.0 Å². The number of nitrogens with zero attached hydrogens (tertiary/aromatic N) is 3. The smallest absolute Gasteiger partial charge is 0.327 e. The Balaban J connectivity index is 0.00000336. The van der Waals surface area contributed by atoms with E-state index in [1.165, 1.54) is 11.0 Å². The van der Waals surface area contributed by atoms with Gasteiger partial charge in [0.1, 0.15) is 6.04 Å². The normalized spacial score (nSPS) is 16.1. The van der Waals surface area contributed by atoms with E-state index >= 15 is 0 Å². The van der Waals surface area contributed by atoms with Crippen molar-refractivity contribution in [2.24, 2.45) is 0 Å². The number of fused-ring (bicyclic) bond motifs is 1. The standard InChI is InChI=1S/C27H22ClN3O5S.ClH/c28-23-7-5-22-16-24(8-6-21(22)15-23)37(35,36)30-13-14-31(25(17-30)27(33)34)26(32)20-3-1-18(2-4-20)19-9-11-29-12-10-19;/h1-12,15-16,25H,13-14,17H2,(H,33,34);1H. The third-order valence-electron chi connectivity index (χ3n) is 6.45. The molecule has 1 unspecified atom stereocenters. The molecule has 2 heterocycles. The molecule has 1 N–H and O–H groups in total. The highest BCUT2D eigenvalue weighted by Gasteiger charge is 2.40. The first-order valence-corrected chi connectivity index (χ1v) is 13.3. The molecule has 38 heavy (non-hydrogen) atoms. The van der Waals surface area contributed by atoms with Crippen molar-refractivity contribution in [2.75, 3.05) is 19.6 Å². The number of carboxylic acid groups (broad SMARTS) is 1. The zero-order valence-corrected chi connectivity index (χ0v) is 22.3. The molecule has 1 aliphatic heterocycles. The zero-order chi connectivity index (χ0) is 26.2. The maximum atomic E-state index is 13.4. The van der Waals surface area contributed by atoms with Crippen molar-refractivity contribution in [3.05, 3.63) is 95.8 Å². The number of carboxylic acids is 1. The molecule has 1 aromatic heterocycles. The maximum absolute atomic E-state index is 13.4. The minimum absolute atomic E-state index is 0. The third-order valence-corrected chi connectivity index (χ3v) is 8.54. The molecular formula is C27H23Cl2N3O5S. The van der Waals surface area contributed by atoms with E-state index in [9.17, 15) is 23.1 Å². The number of aromatic nitrogens is 1. The predicted molar refractivity (Wildman–Crippen MR) is 147 cm³/mol. The highest BCUT2D eigenvalue weighted by Crippen LogP contribution is 2.27. The van der Waals surface area contributed by atoms with Crippen molar-refractivity contribution in [1.82, 2.24) is 14.2 Å². The Hall–Kier alpha value is -3.50. The van der Waals surface area contributed by atoms with Gasteiger partial charge >= 0.3 is 5.97 Å². The molecule has 3 aromatic carbocycles. The highest BCUT2D eigenvalue weighted by molar-refractivity contribution is 7.89. The lowest BCUT2D eigenvalue weighted by atomic mass is 10.0. The molecule has 196 valence electrons. The van der Waals surface area contributed by atoms with Crippen molar-refractivity contribution in [2.45, 2.75) is 10.9 Å². The van der Waals surface area contributed by atoms with E-state index < -0.39 is 27.9 Å². The number of aliphatic carboxylic acids is 1. The van der Waals surface area contributed by atoms with E-state index in [0.717, 1.165) is 20.8 Å². The number of piperazine rings is 1. The number of hydrogen-bond donors (Lipinski definition) is 1. The first-order valence-electron chi connectivity index (χ1n) is 11.5. The lowest BCUT2D eigenvalue weighted by Gasteiger charge is -2.38. The van der Waals surface area contributed by atoms with Crippen LogP contribution in [0, 0.1) is 0 Å². The van der Waals surface area contributed by atoms with Crippen LogP contribution in [0.3, 0.4) is 0 Å². The summed E-state index contributed by atoms with van der Waals surface area (Å²) in [4.78, 5) is 30.6. The molecule has 1 saturated heterocycles. The van der Waals surface area contributed by atoms with Gasteiger partial charge in [0.15, 0.2) is 0 Å². The molecule has 11 heteroatoms. The summed E-state index contributed by atoms with van der Waals surface area (Å²) in [6.07, 6.45) is 3.35. The van der Waals surface area contributed by atoms with Crippen LogP contribution in [0.25, 0.3) is 21.9 Å². The number of rotatable bonds is 5. The first kappa shape index (κ1) is 27.5. The van der Waals surface area contributed by atoms with E-state index in [4.69, 9.17) is 11.6 Å². The Morgan fingerprint density at radius 1 is 0.868 bits per heavy atom.